The van der Waals surface area contributed by atoms with Gasteiger partial charge in [0.15, 0.2) is 5.78 Å². The molecule has 2 heterocycles. The molecule has 0 bridgehead atoms. The second-order valence-electron chi connectivity index (χ2n) is 4.98. The molecular weight excluding hydrogens is 260 g/mol. The summed E-state index contributed by atoms with van der Waals surface area (Å²) in [6.07, 6.45) is 4.56. The Kier molecular flexibility index (Phi) is 3.73. The summed E-state index contributed by atoms with van der Waals surface area (Å²) in [6, 6.07) is 13.7. The van der Waals surface area contributed by atoms with Gasteiger partial charge in [0.2, 0.25) is 0 Å². The number of Topliss-reactive ketones (excluding diaryl/α,β-unsaturated/α-hetero) is 1. The number of rotatable bonds is 4. The molecule has 3 heteroatoms. The van der Waals surface area contributed by atoms with Gasteiger partial charge in [-0.15, -0.1) is 0 Å². The molecule has 0 aliphatic heterocycles. The second kappa shape index (κ2) is 5.83. The predicted molar refractivity (Wildman–Crippen MR) is 83.4 cm³/mol. The highest BCUT2D eigenvalue weighted by Gasteiger charge is 2.12. The van der Waals surface area contributed by atoms with Gasteiger partial charge < -0.3 is 0 Å². The zero-order valence-corrected chi connectivity index (χ0v) is 11.9. The summed E-state index contributed by atoms with van der Waals surface area (Å²) in [7, 11) is 0. The standard InChI is InChI=1S/C18H16N2O/c1-2-13-12-19-10-9-16(13)18(21)11-15-8-7-14-5-3-4-6-17(14)20-15/h3-10,12H,2,11H2,1H3. The quantitative estimate of drug-likeness (QED) is 0.683. The van der Waals surface area contributed by atoms with Crippen molar-refractivity contribution in [2.24, 2.45) is 0 Å². The molecule has 3 rings (SSSR count). The van der Waals surface area contributed by atoms with Gasteiger partial charge in [0.1, 0.15) is 0 Å². The number of hydrogen-bond acceptors (Lipinski definition) is 3. The molecule has 0 N–H and O–H groups in total. The Morgan fingerprint density at radius 2 is 1.95 bits per heavy atom. The molecule has 3 aromatic rings. The van der Waals surface area contributed by atoms with Gasteiger partial charge in [-0.25, -0.2) is 0 Å². The first-order chi connectivity index (χ1) is 10.3. The smallest absolute Gasteiger partial charge is 0.169 e. The number of aryl methyl sites for hydroxylation is 1. The average molecular weight is 276 g/mol. The lowest BCUT2D eigenvalue weighted by molar-refractivity contribution is 0.0991. The number of carbonyl (C=O) groups is 1. The van der Waals surface area contributed by atoms with E-state index in [-0.39, 0.29) is 5.78 Å². The second-order valence-corrected chi connectivity index (χ2v) is 4.98. The molecule has 0 unspecified atom stereocenters. The van der Waals surface area contributed by atoms with E-state index in [1.807, 2.05) is 43.3 Å². The number of hydrogen-bond donors (Lipinski definition) is 0. The summed E-state index contributed by atoms with van der Waals surface area (Å²) in [5.41, 5.74) is 3.47. The molecule has 0 spiro atoms. The fourth-order valence-corrected chi connectivity index (χ4v) is 2.45. The maximum atomic E-state index is 12.5. The molecule has 0 aliphatic rings. The molecule has 1 aromatic carbocycles. The highest BCUT2D eigenvalue weighted by molar-refractivity contribution is 5.98. The van der Waals surface area contributed by atoms with E-state index in [4.69, 9.17) is 0 Å². The Balaban J connectivity index is 1.89. The first-order valence-corrected chi connectivity index (χ1v) is 7.08. The number of ketones is 1. The third-order valence-corrected chi connectivity index (χ3v) is 3.58. The highest BCUT2D eigenvalue weighted by atomic mass is 16.1. The lowest BCUT2D eigenvalue weighted by Gasteiger charge is -2.06. The van der Waals surface area contributed by atoms with E-state index < -0.39 is 0 Å². The number of fused-ring (bicyclic) bond motifs is 1. The van der Waals surface area contributed by atoms with Crippen LogP contribution >= 0.6 is 0 Å². The van der Waals surface area contributed by atoms with Gasteiger partial charge in [-0.2, -0.15) is 0 Å². The van der Waals surface area contributed by atoms with Crippen molar-refractivity contribution >= 4 is 16.7 Å². The zero-order valence-electron chi connectivity index (χ0n) is 11.9. The maximum Gasteiger partial charge on any atom is 0.169 e. The fraction of sp³-hybridized carbons (Fsp3) is 0.167. The van der Waals surface area contributed by atoms with Crippen LogP contribution in [0, 0.1) is 0 Å². The summed E-state index contributed by atoms with van der Waals surface area (Å²) in [5.74, 6) is 0.0945. The van der Waals surface area contributed by atoms with Crippen LogP contribution in [0.3, 0.4) is 0 Å². The normalized spacial score (nSPS) is 10.7. The molecule has 0 amide bonds. The van der Waals surface area contributed by atoms with E-state index in [2.05, 4.69) is 9.97 Å². The molecule has 3 nitrogen and oxygen atoms in total. The number of para-hydroxylation sites is 1. The van der Waals surface area contributed by atoms with Gasteiger partial charge in [-0.3, -0.25) is 14.8 Å². The van der Waals surface area contributed by atoms with Crippen molar-refractivity contribution in [3.63, 3.8) is 0 Å². The van der Waals surface area contributed by atoms with Crippen LogP contribution in [0.15, 0.2) is 54.9 Å². The van der Waals surface area contributed by atoms with Crippen LogP contribution in [0.4, 0.5) is 0 Å². The van der Waals surface area contributed by atoms with E-state index >= 15 is 0 Å². The first-order valence-electron chi connectivity index (χ1n) is 7.08. The van der Waals surface area contributed by atoms with Crippen LogP contribution in [0.25, 0.3) is 10.9 Å². The monoisotopic (exact) mass is 276 g/mol. The minimum Gasteiger partial charge on any atom is -0.294 e. The topological polar surface area (TPSA) is 42.9 Å². The lowest BCUT2D eigenvalue weighted by Crippen LogP contribution is -2.08. The highest BCUT2D eigenvalue weighted by Crippen LogP contribution is 2.15. The van der Waals surface area contributed by atoms with E-state index in [1.165, 1.54) is 0 Å². The summed E-state index contributed by atoms with van der Waals surface area (Å²) < 4.78 is 0. The minimum atomic E-state index is 0.0945. The minimum absolute atomic E-state index is 0.0945. The summed E-state index contributed by atoms with van der Waals surface area (Å²) in [5, 5.41) is 1.09. The summed E-state index contributed by atoms with van der Waals surface area (Å²) in [4.78, 5) is 21.1. The summed E-state index contributed by atoms with van der Waals surface area (Å²) >= 11 is 0. The number of carbonyl (C=O) groups excluding carboxylic acids is 1. The van der Waals surface area contributed by atoms with Crippen LogP contribution in [-0.4, -0.2) is 15.8 Å². The van der Waals surface area contributed by atoms with Crippen molar-refractivity contribution in [2.75, 3.05) is 0 Å². The third-order valence-electron chi connectivity index (χ3n) is 3.58. The third kappa shape index (κ3) is 2.82. The maximum absolute atomic E-state index is 12.5. The van der Waals surface area contributed by atoms with E-state index in [1.54, 1.807) is 18.5 Å². The Morgan fingerprint density at radius 3 is 2.81 bits per heavy atom. The predicted octanol–water partition coefficient (Wildman–Crippen LogP) is 3.62. The molecular formula is C18H16N2O. The van der Waals surface area contributed by atoms with Crippen molar-refractivity contribution in [3.05, 3.63) is 71.7 Å². The molecule has 0 saturated heterocycles. The zero-order chi connectivity index (χ0) is 14.7. The van der Waals surface area contributed by atoms with Crippen LogP contribution in [0.2, 0.25) is 0 Å². The van der Waals surface area contributed by atoms with Gasteiger partial charge in [-0.1, -0.05) is 31.2 Å². The van der Waals surface area contributed by atoms with Crippen molar-refractivity contribution in [1.82, 2.24) is 9.97 Å². The number of pyridine rings is 2. The Morgan fingerprint density at radius 1 is 1.10 bits per heavy atom. The lowest BCUT2D eigenvalue weighted by atomic mass is 10.0. The van der Waals surface area contributed by atoms with E-state index in [0.717, 1.165) is 34.1 Å². The van der Waals surface area contributed by atoms with Gasteiger partial charge in [0.05, 0.1) is 11.9 Å². The Hall–Kier alpha value is -2.55. The fourth-order valence-electron chi connectivity index (χ4n) is 2.45. The van der Waals surface area contributed by atoms with Crippen molar-refractivity contribution in [3.8, 4) is 0 Å². The van der Waals surface area contributed by atoms with E-state index in [0.29, 0.717) is 6.42 Å². The van der Waals surface area contributed by atoms with Crippen LogP contribution in [0.1, 0.15) is 28.5 Å². The van der Waals surface area contributed by atoms with Gasteiger partial charge in [0, 0.05) is 29.0 Å². The van der Waals surface area contributed by atoms with Crippen LogP contribution in [-0.2, 0) is 12.8 Å². The molecule has 0 fully saturated rings. The average Bonchev–Trinajstić information content (AvgIpc) is 2.54. The Labute approximate surface area is 123 Å². The molecule has 21 heavy (non-hydrogen) atoms. The van der Waals surface area contributed by atoms with Gasteiger partial charge in [-0.05, 0) is 30.2 Å². The van der Waals surface area contributed by atoms with Gasteiger partial charge >= 0.3 is 0 Å². The van der Waals surface area contributed by atoms with Crippen molar-refractivity contribution in [2.45, 2.75) is 19.8 Å². The molecule has 0 atom stereocenters. The summed E-state index contributed by atoms with van der Waals surface area (Å²) in [6.45, 7) is 2.03. The van der Waals surface area contributed by atoms with Gasteiger partial charge in [0.25, 0.3) is 0 Å². The molecule has 104 valence electrons. The van der Waals surface area contributed by atoms with Crippen LogP contribution < -0.4 is 0 Å². The largest absolute Gasteiger partial charge is 0.294 e. The number of benzene rings is 1. The first kappa shape index (κ1) is 13.4. The Bertz CT molecular complexity index is 796. The van der Waals surface area contributed by atoms with Crippen molar-refractivity contribution < 1.29 is 4.79 Å². The molecule has 0 radical (unpaired) electrons. The molecule has 2 aromatic heterocycles. The van der Waals surface area contributed by atoms with Crippen LogP contribution in [0.5, 0.6) is 0 Å². The number of aromatic nitrogens is 2. The molecule has 0 aliphatic carbocycles. The number of nitrogens with zero attached hydrogens (tertiary/aromatic N) is 2. The molecule has 0 saturated carbocycles. The van der Waals surface area contributed by atoms with E-state index in [9.17, 15) is 4.79 Å². The van der Waals surface area contributed by atoms with Crippen molar-refractivity contribution in [1.29, 1.82) is 0 Å². The SMILES string of the molecule is CCc1cnccc1C(=O)Cc1ccc2ccccc2n1.